The fourth-order valence-corrected chi connectivity index (χ4v) is 3.42. The highest BCUT2D eigenvalue weighted by Crippen LogP contribution is 2.24. The van der Waals surface area contributed by atoms with Gasteiger partial charge in [-0.15, -0.1) is 11.8 Å². The molecule has 27 heavy (non-hydrogen) atoms. The van der Waals surface area contributed by atoms with Crippen LogP contribution in [0.25, 0.3) is 0 Å². The molecule has 0 aromatic heterocycles. The molecule has 144 valence electrons. The monoisotopic (exact) mass is 384 g/mol. The fraction of sp³-hybridized carbons (Fsp3) is 0.364. The lowest BCUT2D eigenvalue weighted by atomic mass is 10.0. The molecule has 0 aliphatic heterocycles. The molecule has 5 heteroatoms. The first-order valence-electron chi connectivity index (χ1n) is 9.34. The Morgan fingerprint density at radius 1 is 0.963 bits per heavy atom. The van der Waals surface area contributed by atoms with E-state index in [1.54, 1.807) is 0 Å². The lowest BCUT2D eigenvalue weighted by molar-refractivity contribution is -0.115. The van der Waals surface area contributed by atoms with Gasteiger partial charge < -0.3 is 10.6 Å². The zero-order valence-corrected chi connectivity index (χ0v) is 17.3. The van der Waals surface area contributed by atoms with Gasteiger partial charge in [0.15, 0.2) is 0 Å². The summed E-state index contributed by atoms with van der Waals surface area (Å²) in [5, 5.41) is 5.61. The second-order valence-electron chi connectivity index (χ2n) is 6.52. The summed E-state index contributed by atoms with van der Waals surface area (Å²) in [5.74, 6) is 0.0591. The highest BCUT2D eigenvalue weighted by atomic mass is 32.2. The Morgan fingerprint density at radius 2 is 1.56 bits per heavy atom. The van der Waals surface area contributed by atoms with E-state index in [0.717, 1.165) is 40.9 Å². The minimum atomic E-state index is -0.316. The summed E-state index contributed by atoms with van der Waals surface area (Å²) in [6.45, 7) is 8.00. The van der Waals surface area contributed by atoms with Crippen LogP contribution in [0, 0.1) is 6.92 Å². The van der Waals surface area contributed by atoms with Crippen LogP contribution in [-0.2, 0) is 22.4 Å². The van der Waals surface area contributed by atoms with Crippen molar-refractivity contribution in [3.05, 3.63) is 59.2 Å². The summed E-state index contributed by atoms with van der Waals surface area (Å²) in [4.78, 5) is 24.7. The van der Waals surface area contributed by atoms with Gasteiger partial charge in [0.1, 0.15) is 0 Å². The quantitative estimate of drug-likeness (QED) is 0.686. The zero-order valence-electron chi connectivity index (χ0n) is 16.5. The van der Waals surface area contributed by atoms with E-state index in [1.807, 2.05) is 56.3 Å². The molecule has 2 aromatic rings. The van der Waals surface area contributed by atoms with Gasteiger partial charge in [-0.2, -0.15) is 0 Å². The number of anilines is 2. The largest absolute Gasteiger partial charge is 0.325 e. The molecule has 0 unspecified atom stereocenters. The van der Waals surface area contributed by atoms with Gasteiger partial charge in [-0.3, -0.25) is 9.59 Å². The number of rotatable bonds is 8. The number of thioether (sulfide) groups is 1. The molecular formula is C22H28N2O2S. The minimum absolute atomic E-state index is 0.0706. The van der Waals surface area contributed by atoms with E-state index in [1.165, 1.54) is 11.8 Å². The van der Waals surface area contributed by atoms with Crippen LogP contribution in [0.3, 0.4) is 0 Å². The van der Waals surface area contributed by atoms with E-state index in [9.17, 15) is 9.59 Å². The molecule has 2 N–H and O–H groups in total. The molecule has 0 radical (unpaired) electrons. The third-order valence-corrected chi connectivity index (χ3v) is 5.56. The van der Waals surface area contributed by atoms with Crippen molar-refractivity contribution >= 4 is 35.0 Å². The van der Waals surface area contributed by atoms with Crippen molar-refractivity contribution in [2.45, 2.75) is 45.8 Å². The second-order valence-corrected chi connectivity index (χ2v) is 7.84. The number of amides is 2. The van der Waals surface area contributed by atoms with Crippen molar-refractivity contribution in [3.8, 4) is 0 Å². The van der Waals surface area contributed by atoms with Crippen LogP contribution < -0.4 is 10.6 Å². The molecule has 2 amide bonds. The molecule has 2 aromatic carbocycles. The average molecular weight is 385 g/mol. The van der Waals surface area contributed by atoms with Crippen LogP contribution in [0.15, 0.2) is 42.5 Å². The van der Waals surface area contributed by atoms with Crippen LogP contribution in [0.5, 0.6) is 0 Å². The average Bonchev–Trinajstić information content (AvgIpc) is 2.67. The van der Waals surface area contributed by atoms with Gasteiger partial charge in [-0.25, -0.2) is 0 Å². The molecule has 0 heterocycles. The standard InChI is InChI=1S/C22H28N2O2S/c1-5-17-8-7-9-18(6-2)21(17)24-22(26)16(4)27-14-20(25)23-19-12-10-15(3)11-13-19/h7-13,16H,5-6,14H2,1-4H3,(H,23,25)(H,24,26)/t16-/m0/s1. The Bertz CT molecular complexity index is 765. The maximum absolute atomic E-state index is 12.6. The number of hydrogen-bond acceptors (Lipinski definition) is 3. The molecule has 0 spiro atoms. The van der Waals surface area contributed by atoms with Gasteiger partial charge >= 0.3 is 0 Å². The molecule has 0 fully saturated rings. The lowest BCUT2D eigenvalue weighted by Gasteiger charge is -2.17. The normalized spacial score (nSPS) is 11.7. The summed E-state index contributed by atoms with van der Waals surface area (Å²) < 4.78 is 0. The van der Waals surface area contributed by atoms with Gasteiger partial charge in [0, 0.05) is 11.4 Å². The van der Waals surface area contributed by atoms with Crippen LogP contribution in [0.4, 0.5) is 11.4 Å². The number of carbonyl (C=O) groups excluding carboxylic acids is 2. The Morgan fingerprint density at radius 3 is 2.11 bits per heavy atom. The molecular weight excluding hydrogens is 356 g/mol. The van der Waals surface area contributed by atoms with E-state index in [-0.39, 0.29) is 22.8 Å². The van der Waals surface area contributed by atoms with Crippen LogP contribution in [0.1, 0.15) is 37.5 Å². The Labute approximate surface area is 166 Å². The fourth-order valence-electron chi connectivity index (χ4n) is 2.74. The van der Waals surface area contributed by atoms with Crippen LogP contribution >= 0.6 is 11.8 Å². The molecule has 2 rings (SSSR count). The lowest BCUT2D eigenvalue weighted by Crippen LogP contribution is -2.26. The summed E-state index contributed by atoms with van der Waals surface area (Å²) in [5.41, 5.74) is 5.11. The molecule has 0 bridgehead atoms. The molecule has 0 saturated heterocycles. The Kier molecular flexibility index (Phi) is 7.92. The van der Waals surface area contributed by atoms with Crippen molar-refractivity contribution in [2.24, 2.45) is 0 Å². The predicted molar refractivity (Wildman–Crippen MR) is 116 cm³/mol. The first-order chi connectivity index (χ1) is 12.9. The van der Waals surface area contributed by atoms with Crippen LogP contribution in [0.2, 0.25) is 0 Å². The maximum Gasteiger partial charge on any atom is 0.237 e. The SMILES string of the molecule is CCc1cccc(CC)c1NC(=O)[C@H](C)SCC(=O)Nc1ccc(C)cc1. The van der Waals surface area contributed by atoms with Crippen molar-refractivity contribution < 1.29 is 9.59 Å². The third kappa shape index (κ3) is 6.14. The topological polar surface area (TPSA) is 58.2 Å². The number of para-hydroxylation sites is 1. The smallest absolute Gasteiger partial charge is 0.237 e. The Balaban J connectivity index is 1.90. The molecule has 1 atom stereocenters. The van der Waals surface area contributed by atoms with Gasteiger partial charge in [0.25, 0.3) is 0 Å². The first kappa shape index (κ1) is 21.0. The predicted octanol–water partition coefficient (Wildman–Crippen LogP) is 4.82. The number of nitrogens with one attached hydrogen (secondary N) is 2. The van der Waals surface area contributed by atoms with Gasteiger partial charge in [0.2, 0.25) is 11.8 Å². The highest BCUT2D eigenvalue weighted by Gasteiger charge is 2.18. The van der Waals surface area contributed by atoms with Crippen molar-refractivity contribution in [1.29, 1.82) is 0 Å². The summed E-state index contributed by atoms with van der Waals surface area (Å²) in [6.07, 6.45) is 1.73. The van der Waals surface area contributed by atoms with Crippen molar-refractivity contribution in [1.82, 2.24) is 0 Å². The molecule has 0 aliphatic rings. The van der Waals surface area contributed by atoms with Gasteiger partial charge in [0.05, 0.1) is 11.0 Å². The number of benzene rings is 2. The summed E-state index contributed by atoms with van der Waals surface area (Å²) >= 11 is 1.34. The van der Waals surface area contributed by atoms with E-state index in [0.29, 0.717) is 0 Å². The number of hydrogen-bond donors (Lipinski definition) is 2. The minimum Gasteiger partial charge on any atom is -0.325 e. The molecule has 0 saturated carbocycles. The maximum atomic E-state index is 12.6. The van der Waals surface area contributed by atoms with Gasteiger partial charge in [-0.05, 0) is 49.9 Å². The van der Waals surface area contributed by atoms with Crippen molar-refractivity contribution in [2.75, 3.05) is 16.4 Å². The third-order valence-electron chi connectivity index (χ3n) is 4.42. The van der Waals surface area contributed by atoms with E-state index in [4.69, 9.17) is 0 Å². The molecule has 0 aliphatic carbocycles. The van der Waals surface area contributed by atoms with Crippen molar-refractivity contribution in [3.63, 3.8) is 0 Å². The van der Waals surface area contributed by atoms with Crippen LogP contribution in [-0.4, -0.2) is 22.8 Å². The summed E-state index contributed by atoms with van der Waals surface area (Å²) in [7, 11) is 0. The number of carbonyl (C=O) groups is 2. The van der Waals surface area contributed by atoms with E-state index < -0.39 is 0 Å². The Hall–Kier alpha value is -2.27. The van der Waals surface area contributed by atoms with E-state index in [2.05, 4.69) is 24.5 Å². The summed E-state index contributed by atoms with van der Waals surface area (Å²) in [6, 6.07) is 13.8. The second kappa shape index (κ2) is 10.2. The van der Waals surface area contributed by atoms with Gasteiger partial charge in [-0.1, -0.05) is 49.7 Å². The highest BCUT2D eigenvalue weighted by molar-refractivity contribution is 8.01. The number of aryl methyl sites for hydroxylation is 3. The van der Waals surface area contributed by atoms with E-state index >= 15 is 0 Å². The molecule has 4 nitrogen and oxygen atoms in total. The zero-order chi connectivity index (χ0) is 19.8. The first-order valence-corrected chi connectivity index (χ1v) is 10.4.